The molecule has 0 bridgehead atoms. The number of hydrogen-bond donors (Lipinski definition) is 2. The van der Waals surface area contributed by atoms with Crippen molar-refractivity contribution in [3.8, 4) is 5.75 Å². The van der Waals surface area contributed by atoms with Gasteiger partial charge in [0.1, 0.15) is 5.75 Å². The molecule has 1 unspecified atom stereocenters. The first-order valence-electron chi connectivity index (χ1n) is 6.74. The van der Waals surface area contributed by atoms with Crippen LogP contribution in [0.1, 0.15) is 25.8 Å². The molecule has 0 spiro atoms. The van der Waals surface area contributed by atoms with E-state index in [1.807, 2.05) is 24.3 Å². The molecule has 1 aromatic carbocycles. The van der Waals surface area contributed by atoms with Crippen molar-refractivity contribution in [2.45, 2.75) is 32.8 Å². The van der Waals surface area contributed by atoms with Gasteiger partial charge in [0.25, 0.3) is 5.91 Å². The first-order valence-corrected chi connectivity index (χ1v) is 6.74. The van der Waals surface area contributed by atoms with Gasteiger partial charge < -0.3 is 15.8 Å². The minimum Gasteiger partial charge on any atom is -0.480 e. The Balaban J connectivity index is 1.86. The Kier molecular flexibility index (Phi) is 4.10. The molecule has 0 aromatic heterocycles. The van der Waals surface area contributed by atoms with Crippen molar-refractivity contribution in [3.05, 3.63) is 29.8 Å². The smallest absolute Gasteiger partial charge is 0.261 e. The fraction of sp³-hybridized carbons (Fsp3) is 0.533. The van der Waals surface area contributed by atoms with Crippen LogP contribution in [0.15, 0.2) is 24.3 Å². The lowest BCUT2D eigenvalue weighted by atomic mass is 9.89. The number of rotatable bonds is 5. The number of hydrogen-bond acceptors (Lipinski definition) is 3. The number of para-hydroxylation sites is 1. The second-order valence-corrected chi connectivity index (χ2v) is 5.84. The Labute approximate surface area is 114 Å². The van der Waals surface area contributed by atoms with Crippen LogP contribution in [0.4, 0.5) is 0 Å². The molecular weight excluding hydrogens is 240 g/mol. The van der Waals surface area contributed by atoms with Crippen LogP contribution >= 0.6 is 0 Å². The molecule has 1 aromatic rings. The molecule has 104 valence electrons. The normalized spacial score (nSPS) is 17.7. The van der Waals surface area contributed by atoms with Crippen molar-refractivity contribution >= 4 is 5.91 Å². The molecule has 0 saturated heterocycles. The molecule has 0 radical (unpaired) electrons. The fourth-order valence-corrected chi connectivity index (χ4v) is 2.25. The van der Waals surface area contributed by atoms with Crippen molar-refractivity contribution in [2.75, 3.05) is 13.1 Å². The lowest BCUT2D eigenvalue weighted by Crippen LogP contribution is -2.42. The van der Waals surface area contributed by atoms with Gasteiger partial charge in [0, 0.05) is 13.0 Å². The van der Waals surface area contributed by atoms with E-state index in [9.17, 15) is 4.79 Å². The van der Waals surface area contributed by atoms with Crippen LogP contribution in [0, 0.1) is 5.41 Å². The minimum atomic E-state index is -0.397. The van der Waals surface area contributed by atoms with Gasteiger partial charge in [-0.05, 0) is 30.0 Å². The number of amides is 1. The number of nitrogens with one attached hydrogen (secondary N) is 1. The Bertz CT molecular complexity index is 432. The maximum atomic E-state index is 12.1. The summed E-state index contributed by atoms with van der Waals surface area (Å²) in [5.41, 5.74) is 6.69. The van der Waals surface area contributed by atoms with E-state index in [1.165, 1.54) is 0 Å². The van der Waals surface area contributed by atoms with Crippen LogP contribution in [0.25, 0.3) is 0 Å². The Morgan fingerprint density at radius 3 is 2.89 bits per heavy atom. The number of nitrogens with two attached hydrogens (primary N) is 1. The minimum absolute atomic E-state index is 0.0237. The molecule has 2 rings (SSSR count). The van der Waals surface area contributed by atoms with Crippen LogP contribution in [0.5, 0.6) is 5.75 Å². The number of ether oxygens (including phenoxy) is 1. The van der Waals surface area contributed by atoms with E-state index >= 15 is 0 Å². The highest BCUT2D eigenvalue weighted by molar-refractivity contribution is 5.82. The third-order valence-electron chi connectivity index (χ3n) is 3.50. The predicted octanol–water partition coefficient (Wildman–Crippen LogP) is 1.48. The highest BCUT2D eigenvalue weighted by Crippen LogP contribution is 2.28. The molecule has 1 amide bonds. The Morgan fingerprint density at radius 1 is 1.47 bits per heavy atom. The van der Waals surface area contributed by atoms with Crippen LogP contribution in [0.2, 0.25) is 0 Å². The number of fused-ring (bicyclic) bond motifs is 1. The van der Waals surface area contributed by atoms with Crippen molar-refractivity contribution in [1.82, 2.24) is 5.32 Å². The zero-order chi connectivity index (χ0) is 13.9. The third-order valence-corrected chi connectivity index (χ3v) is 3.50. The van der Waals surface area contributed by atoms with E-state index < -0.39 is 6.10 Å². The van der Waals surface area contributed by atoms with E-state index in [0.29, 0.717) is 19.5 Å². The van der Waals surface area contributed by atoms with Gasteiger partial charge in [-0.25, -0.2) is 0 Å². The Morgan fingerprint density at radius 2 is 2.21 bits per heavy atom. The second-order valence-electron chi connectivity index (χ2n) is 5.84. The van der Waals surface area contributed by atoms with E-state index in [-0.39, 0.29) is 11.3 Å². The molecule has 0 aliphatic carbocycles. The Hall–Kier alpha value is -1.55. The lowest BCUT2D eigenvalue weighted by molar-refractivity contribution is -0.127. The zero-order valence-corrected chi connectivity index (χ0v) is 11.6. The van der Waals surface area contributed by atoms with Gasteiger partial charge in [-0.3, -0.25) is 4.79 Å². The maximum Gasteiger partial charge on any atom is 0.261 e. The van der Waals surface area contributed by atoms with Crippen LogP contribution in [-0.4, -0.2) is 25.1 Å². The second kappa shape index (κ2) is 5.61. The van der Waals surface area contributed by atoms with E-state index in [1.54, 1.807) is 0 Å². The average molecular weight is 262 g/mol. The predicted molar refractivity (Wildman–Crippen MR) is 75.0 cm³/mol. The highest BCUT2D eigenvalue weighted by atomic mass is 16.5. The highest BCUT2D eigenvalue weighted by Gasteiger charge is 2.29. The fourth-order valence-electron chi connectivity index (χ4n) is 2.25. The third kappa shape index (κ3) is 3.47. The molecular formula is C15H22N2O2. The molecule has 1 heterocycles. The van der Waals surface area contributed by atoms with Gasteiger partial charge in [-0.2, -0.15) is 0 Å². The van der Waals surface area contributed by atoms with Crippen LogP contribution < -0.4 is 15.8 Å². The molecule has 4 nitrogen and oxygen atoms in total. The summed E-state index contributed by atoms with van der Waals surface area (Å²) in [5.74, 6) is 0.783. The average Bonchev–Trinajstić information content (AvgIpc) is 2.79. The van der Waals surface area contributed by atoms with Gasteiger partial charge in [-0.1, -0.05) is 32.0 Å². The quantitative estimate of drug-likeness (QED) is 0.845. The van der Waals surface area contributed by atoms with E-state index in [0.717, 1.165) is 17.7 Å². The molecule has 1 atom stereocenters. The van der Waals surface area contributed by atoms with Gasteiger partial charge in [-0.15, -0.1) is 0 Å². The molecule has 3 N–H and O–H groups in total. The summed E-state index contributed by atoms with van der Waals surface area (Å²) in [5, 5.41) is 2.97. The first kappa shape index (κ1) is 13.9. The first-order chi connectivity index (χ1) is 9.02. The van der Waals surface area contributed by atoms with Gasteiger partial charge >= 0.3 is 0 Å². The topological polar surface area (TPSA) is 64.3 Å². The summed E-state index contributed by atoms with van der Waals surface area (Å²) >= 11 is 0. The van der Waals surface area contributed by atoms with Gasteiger partial charge in [0.15, 0.2) is 6.10 Å². The SMILES string of the molecule is CC(C)(CCN)CNC(=O)C1Cc2ccccc2O1. The maximum absolute atomic E-state index is 12.1. The molecule has 19 heavy (non-hydrogen) atoms. The standard InChI is InChI=1S/C15H22N2O2/c1-15(2,7-8-16)10-17-14(18)13-9-11-5-3-4-6-12(11)19-13/h3-6,13H,7-10,16H2,1-2H3,(H,17,18). The summed E-state index contributed by atoms with van der Waals surface area (Å²) in [4.78, 5) is 12.1. The monoisotopic (exact) mass is 262 g/mol. The molecule has 4 heteroatoms. The molecule has 0 fully saturated rings. The summed E-state index contributed by atoms with van der Waals surface area (Å²) in [6.07, 6.45) is 1.14. The summed E-state index contributed by atoms with van der Waals surface area (Å²) in [7, 11) is 0. The van der Waals surface area contributed by atoms with Crippen molar-refractivity contribution in [3.63, 3.8) is 0 Å². The van der Waals surface area contributed by atoms with Gasteiger partial charge in [0.05, 0.1) is 0 Å². The van der Waals surface area contributed by atoms with Crippen molar-refractivity contribution in [2.24, 2.45) is 11.1 Å². The summed E-state index contributed by atoms with van der Waals surface area (Å²) < 4.78 is 5.66. The van der Waals surface area contributed by atoms with Crippen molar-refractivity contribution in [1.29, 1.82) is 0 Å². The van der Waals surface area contributed by atoms with Crippen LogP contribution in [0.3, 0.4) is 0 Å². The zero-order valence-electron chi connectivity index (χ0n) is 11.6. The van der Waals surface area contributed by atoms with Gasteiger partial charge in [0.2, 0.25) is 0 Å². The van der Waals surface area contributed by atoms with Crippen LogP contribution in [-0.2, 0) is 11.2 Å². The number of benzene rings is 1. The van der Waals surface area contributed by atoms with E-state index in [2.05, 4.69) is 19.2 Å². The number of carbonyl (C=O) groups is 1. The summed E-state index contributed by atoms with van der Waals surface area (Å²) in [6.45, 7) is 5.46. The van der Waals surface area contributed by atoms with Crippen molar-refractivity contribution < 1.29 is 9.53 Å². The molecule has 1 aliphatic heterocycles. The summed E-state index contributed by atoms with van der Waals surface area (Å²) in [6, 6.07) is 7.79. The lowest BCUT2D eigenvalue weighted by Gasteiger charge is -2.24. The van der Waals surface area contributed by atoms with E-state index in [4.69, 9.17) is 10.5 Å². The largest absolute Gasteiger partial charge is 0.480 e. The molecule has 1 aliphatic rings. The molecule has 0 saturated carbocycles. The number of carbonyl (C=O) groups excluding carboxylic acids is 1.